The summed E-state index contributed by atoms with van der Waals surface area (Å²) in [6.45, 7) is 0.211. The third kappa shape index (κ3) is 4.90. The average Bonchev–Trinajstić information content (AvgIpc) is 3.15. The van der Waals surface area contributed by atoms with Crippen LogP contribution in [0.3, 0.4) is 0 Å². The zero-order valence-electron chi connectivity index (χ0n) is 14.8. The molecule has 0 aliphatic rings. The SMILES string of the molecule is COc1cc(N)c(Cl)cc1C(=O)OCc1csc(COc2ccc(F)cc2)n1. The molecule has 6 nitrogen and oxygen atoms in total. The second-order valence-corrected chi connectivity index (χ2v) is 6.98. The molecule has 1 aromatic heterocycles. The Kier molecular flexibility index (Phi) is 6.33. The summed E-state index contributed by atoms with van der Waals surface area (Å²) in [5.41, 5.74) is 6.77. The summed E-state index contributed by atoms with van der Waals surface area (Å²) in [4.78, 5) is 16.7. The van der Waals surface area contributed by atoms with Crippen LogP contribution in [0, 0.1) is 5.82 Å². The van der Waals surface area contributed by atoms with Gasteiger partial charge in [0.15, 0.2) is 0 Å². The summed E-state index contributed by atoms with van der Waals surface area (Å²) in [5.74, 6) is -0.115. The fraction of sp³-hybridized carbons (Fsp3) is 0.158. The zero-order chi connectivity index (χ0) is 20.1. The third-order valence-corrected chi connectivity index (χ3v) is 4.86. The Hall–Kier alpha value is -2.84. The smallest absolute Gasteiger partial charge is 0.342 e. The van der Waals surface area contributed by atoms with E-state index >= 15 is 0 Å². The minimum absolute atomic E-state index is 0.0168. The van der Waals surface area contributed by atoms with Crippen molar-refractivity contribution in [3.63, 3.8) is 0 Å². The fourth-order valence-electron chi connectivity index (χ4n) is 2.27. The number of anilines is 1. The van der Waals surface area contributed by atoms with E-state index in [1.54, 1.807) is 5.38 Å². The number of rotatable bonds is 7. The normalized spacial score (nSPS) is 10.5. The van der Waals surface area contributed by atoms with E-state index in [0.717, 1.165) is 0 Å². The van der Waals surface area contributed by atoms with E-state index in [4.69, 9.17) is 31.5 Å². The second kappa shape index (κ2) is 8.90. The number of nitrogens with zero attached hydrogens (tertiary/aromatic N) is 1. The Bertz CT molecular complexity index is 979. The second-order valence-electron chi connectivity index (χ2n) is 5.63. The summed E-state index contributed by atoms with van der Waals surface area (Å²) in [5, 5.41) is 2.70. The maximum Gasteiger partial charge on any atom is 0.342 e. The van der Waals surface area contributed by atoms with Crippen LogP contribution < -0.4 is 15.2 Å². The van der Waals surface area contributed by atoms with Crippen LogP contribution in [-0.2, 0) is 18.0 Å². The minimum atomic E-state index is -0.601. The van der Waals surface area contributed by atoms with Gasteiger partial charge in [-0.3, -0.25) is 0 Å². The van der Waals surface area contributed by atoms with E-state index in [2.05, 4.69) is 4.98 Å². The molecule has 0 saturated carbocycles. The molecular weight excluding hydrogens is 407 g/mol. The van der Waals surface area contributed by atoms with E-state index < -0.39 is 5.97 Å². The molecule has 3 rings (SSSR count). The molecule has 0 radical (unpaired) electrons. The molecule has 0 fully saturated rings. The lowest BCUT2D eigenvalue weighted by atomic mass is 10.2. The first-order valence-electron chi connectivity index (χ1n) is 8.08. The number of carbonyl (C=O) groups is 1. The van der Waals surface area contributed by atoms with E-state index in [0.29, 0.717) is 22.1 Å². The Morgan fingerprint density at radius 3 is 2.71 bits per heavy atom. The van der Waals surface area contributed by atoms with E-state index in [-0.39, 0.29) is 35.4 Å². The molecule has 146 valence electrons. The van der Waals surface area contributed by atoms with Gasteiger partial charge in [-0.15, -0.1) is 11.3 Å². The quantitative estimate of drug-likeness (QED) is 0.447. The largest absolute Gasteiger partial charge is 0.496 e. The van der Waals surface area contributed by atoms with Gasteiger partial charge < -0.3 is 19.9 Å². The summed E-state index contributed by atoms with van der Waals surface area (Å²) in [6.07, 6.45) is 0. The topological polar surface area (TPSA) is 83.7 Å². The number of halogens is 2. The molecule has 0 bridgehead atoms. The predicted molar refractivity (Wildman–Crippen MR) is 104 cm³/mol. The van der Waals surface area contributed by atoms with E-state index in [9.17, 15) is 9.18 Å². The highest BCUT2D eigenvalue weighted by Crippen LogP contribution is 2.29. The van der Waals surface area contributed by atoms with Gasteiger partial charge in [-0.05, 0) is 30.3 Å². The van der Waals surface area contributed by atoms with Crippen molar-refractivity contribution in [2.75, 3.05) is 12.8 Å². The monoisotopic (exact) mass is 422 g/mol. The molecule has 28 heavy (non-hydrogen) atoms. The number of nitrogen functional groups attached to an aromatic ring is 1. The summed E-state index contributed by atoms with van der Waals surface area (Å²) in [7, 11) is 1.42. The van der Waals surface area contributed by atoms with Crippen molar-refractivity contribution >= 4 is 34.6 Å². The number of aromatic nitrogens is 1. The molecule has 1 heterocycles. The number of hydrogen-bond acceptors (Lipinski definition) is 7. The highest BCUT2D eigenvalue weighted by atomic mass is 35.5. The Morgan fingerprint density at radius 2 is 2.00 bits per heavy atom. The standard InChI is InChI=1S/C19H16ClFN2O4S/c1-25-17-7-16(22)15(20)6-14(17)19(24)27-8-12-10-28-18(23-12)9-26-13-4-2-11(21)3-5-13/h2-7,10H,8-9,22H2,1H3. The average molecular weight is 423 g/mol. The van der Waals surface area contributed by atoms with Crippen LogP contribution in [0.2, 0.25) is 5.02 Å². The molecule has 0 spiro atoms. The van der Waals surface area contributed by atoms with Crippen molar-refractivity contribution in [3.8, 4) is 11.5 Å². The van der Waals surface area contributed by atoms with Gasteiger partial charge in [0.1, 0.15) is 41.1 Å². The van der Waals surface area contributed by atoms with Gasteiger partial charge in [-0.1, -0.05) is 11.6 Å². The molecule has 0 aliphatic carbocycles. The molecule has 0 aliphatic heterocycles. The molecule has 3 aromatic rings. The van der Waals surface area contributed by atoms with Crippen molar-refractivity contribution in [2.45, 2.75) is 13.2 Å². The summed E-state index contributed by atoms with van der Waals surface area (Å²) < 4.78 is 28.9. The van der Waals surface area contributed by atoms with Gasteiger partial charge in [0, 0.05) is 11.4 Å². The number of hydrogen-bond donors (Lipinski definition) is 1. The number of ether oxygens (including phenoxy) is 3. The molecule has 0 atom stereocenters. The molecular formula is C19H16ClFN2O4S. The summed E-state index contributed by atoms with van der Waals surface area (Å²) in [6, 6.07) is 8.58. The van der Waals surface area contributed by atoms with Crippen molar-refractivity contribution in [2.24, 2.45) is 0 Å². The van der Waals surface area contributed by atoms with Gasteiger partial charge in [-0.25, -0.2) is 14.2 Å². The molecule has 0 amide bonds. The van der Waals surface area contributed by atoms with Crippen LogP contribution in [-0.4, -0.2) is 18.1 Å². The van der Waals surface area contributed by atoms with Crippen LogP contribution in [0.4, 0.5) is 10.1 Å². The Balaban J connectivity index is 1.57. The third-order valence-electron chi connectivity index (χ3n) is 3.67. The zero-order valence-corrected chi connectivity index (χ0v) is 16.3. The highest BCUT2D eigenvalue weighted by Gasteiger charge is 2.17. The van der Waals surface area contributed by atoms with Crippen molar-refractivity contribution < 1.29 is 23.4 Å². The first kappa shape index (κ1) is 19.9. The lowest BCUT2D eigenvalue weighted by molar-refractivity contribution is 0.0464. The van der Waals surface area contributed by atoms with Crippen molar-refractivity contribution in [1.29, 1.82) is 0 Å². The lowest BCUT2D eigenvalue weighted by Crippen LogP contribution is -2.08. The number of esters is 1. The highest BCUT2D eigenvalue weighted by molar-refractivity contribution is 7.09. The molecule has 2 N–H and O–H groups in total. The van der Waals surface area contributed by atoms with Crippen LogP contribution >= 0.6 is 22.9 Å². The van der Waals surface area contributed by atoms with Gasteiger partial charge in [0.2, 0.25) is 0 Å². The first-order chi connectivity index (χ1) is 13.5. The van der Waals surface area contributed by atoms with E-state index in [1.807, 2.05) is 0 Å². The maximum absolute atomic E-state index is 12.9. The number of thiazole rings is 1. The molecule has 9 heteroatoms. The predicted octanol–water partition coefficient (Wildman–Crippen LogP) is 4.46. The van der Waals surface area contributed by atoms with Crippen LogP contribution in [0.5, 0.6) is 11.5 Å². The minimum Gasteiger partial charge on any atom is -0.496 e. The Labute approximate surface area is 169 Å². The van der Waals surface area contributed by atoms with Crippen LogP contribution in [0.1, 0.15) is 21.1 Å². The van der Waals surface area contributed by atoms with Gasteiger partial charge in [-0.2, -0.15) is 0 Å². The van der Waals surface area contributed by atoms with Crippen molar-refractivity contribution in [3.05, 3.63) is 68.9 Å². The number of benzene rings is 2. The number of carbonyl (C=O) groups excluding carboxylic acids is 1. The molecule has 0 unspecified atom stereocenters. The van der Waals surface area contributed by atoms with Gasteiger partial charge in [0.25, 0.3) is 0 Å². The number of methoxy groups -OCH3 is 1. The fourth-order valence-corrected chi connectivity index (χ4v) is 3.13. The van der Waals surface area contributed by atoms with Gasteiger partial charge in [0.05, 0.1) is 23.5 Å². The molecule has 0 saturated heterocycles. The maximum atomic E-state index is 12.9. The summed E-state index contributed by atoms with van der Waals surface area (Å²) >= 11 is 7.34. The van der Waals surface area contributed by atoms with E-state index in [1.165, 1.54) is 54.8 Å². The lowest BCUT2D eigenvalue weighted by Gasteiger charge is -2.10. The van der Waals surface area contributed by atoms with Crippen LogP contribution in [0.25, 0.3) is 0 Å². The number of nitrogens with two attached hydrogens (primary N) is 1. The Morgan fingerprint density at radius 1 is 1.25 bits per heavy atom. The molecule has 2 aromatic carbocycles. The van der Waals surface area contributed by atoms with Crippen molar-refractivity contribution in [1.82, 2.24) is 4.98 Å². The first-order valence-corrected chi connectivity index (χ1v) is 9.34. The van der Waals surface area contributed by atoms with Crippen LogP contribution in [0.15, 0.2) is 41.8 Å². The van der Waals surface area contributed by atoms with Gasteiger partial charge >= 0.3 is 5.97 Å².